The maximum atomic E-state index is 12.7. The van der Waals surface area contributed by atoms with E-state index in [4.69, 9.17) is 14.2 Å². The molecule has 0 aliphatic carbocycles. The highest BCUT2D eigenvalue weighted by Gasteiger charge is 2.42. The second kappa shape index (κ2) is 7.41. The maximum absolute atomic E-state index is 12.7. The number of carbonyl (C=O) groups is 2. The topological polar surface area (TPSA) is 77.4 Å². The number of rotatable bonds is 4. The molecule has 0 spiro atoms. The molecule has 2 aliphatic heterocycles. The van der Waals surface area contributed by atoms with Crippen molar-refractivity contribution in [1.29, 1.82) is 0 Å². The van der Waals surface area contributed by atoms with E-state index in [1.165, 1.54) is 26.0 Å². The standard InChI is InChI=1S/C18H20N2O5S/c1-10-15(17(22)25-4)16(20-14(21)7-8-26-18(20)19-10)12-6-5-11(23-2)9-13(12)24-3/h5-6,9,16H,7-8H2,1-4H3/t16-/m0/s1. The zero-order valence-electron chi connectivity index (χ0n) is 15.1. The van der Waals surface area contributed by atoms with Crippen molar-refractivity contribution in [3.63, 3.8) is 0 Å². The summed E-state index contributed by atoms with van der Waals surface area (Å²) in [6.45, 7) is 1.75. The molecule has 138 valence electrons. The molecule has 1 atom stereocenters. The molecule has 0 bridgehead atoms. The Morgan fingerprint density at radius 1 is 1.27 bits per heavy atom. The first-order valence-electron chi connectivity index (χ1n) is 8.06. The van der Waals surface area contributed by atoms with Gasteiger partial charge in [-0.3, -0.25) is 9.69 Å². The number of benzene rings is 1. The van der Waals surface area contributed by atoms with E-state index in [1.54, 1.807) is 37.1 Å². The normalized spacial score (nSPS) is 19.7. The lowest BCUT2D eigenvalue weighted by Crippen LogP contribution is -2.45. The molecular formula is C18H20N2O5S. The molecule has 2 aliphatic rings. The molecule has 0 aromatic heterocycles. The summed E-state index contributed by atoms with van der Waals surface area (Å²) in [4.78, 5) is 31.2. The van der Waals surface area contributed by atoms with Crippen LogP contribution in [0.15, 0.2) is 34.5 Å². The fourth-order valence-corrected chi connectivity index (χ4v) is 4.11. The zero-order chi connectivity index (χ0) is 18.8. The minimum atomic E-state index is -0.656. The lowest BCUT2D eigenvalue weighted by molar-refractivity contribution is -0.137. The van der Waals surface area contributed by atoms with Gasteiger partial charge < -0.3 is 14.2 Å². The Morgan fingerprint density at radius 2 is 2.04 bits per heavy atom. The van der Waals surface area contributed by atoms with Crippen molar-refractivity contribution in [3.05, 3.63) is 35.0 Å². The average molecular weight is 376 g/mol. The number of amides is 1. The van der Waals surface area contributed by atoms with E-state index < -0.39 is 12.0 Å². The number of esters is 1. The lowest BCUT2D eigenvalue weighted by Gasteiger charge is -2.39. The van der Waals surface area contributed by atoms with E-state index in [9.17, 15) is 9.59 Å². The molecule has 1 saturated heterocycles. The van der Waals surface area contributed by atoms with Crippen LogP contribution in [0.4, 0.5) is 0 Å². The molecule has 0 unspecified atom stereocenters. The maximum Gasteiger partial charge on any atom is 0.338 e. The van der Waals surface area contributed by atoms with Gasteiger partial charge in [-0.1, -0.05) is 11.8 Å². The number of methoxy groups -OCH3 is 3. The minimum Gasteiger partial charge on any atom is -0.497 e. The van der Waals surface area contributed by atoms with E-state index in [0.29, 0.717) is 45.7 Å². The van der Waals surface area contributed by atoms with Gasteiger partial charge in [-0.25, -0.2) is 9.79 Å². The summed E-state index contributed by atoms with van der Waals surface area (Å²) < 4.78 is 15.7. The number of hydrogen-bond donors (Lipinski definition) is 0. The Kier molecular flexibility index (Phi) is 5.22. The molecule has 7 nitrogen and oxygen atoms in total. The summed E-state index contributed by atoms with van der Waals surface area (Å²) in [5.41, 5.74) is 1.54. The van der Waals surface area contributed by atoms with Crippen LogP contribution in [0.25, 0.3) is 0 Å². The summed E-state index contributed by atoms with van der Waals surface area (Å²) in [6, 6.07) is 4.64. The van der Waals surface area contributed by atoms with Gasteiger partial charge in [0, 0.05) is 23.8 Å². The van der Waals surface area contributed by atoms with Crippen LogP contribution < -0.4 is 9.47 Å². The summed E-state index contributed by atoms with van der Waals surface area (Å²) in [5.74, 6) is 1.21. The SMILES string of the molecule is COC(=O)C1=C(C)N=C2SCCC(=O)N2[C@H]1c1ccc(OC)cc1OC. The third kappa shape index (κ3) is 3.05. The number of amidine groups is 1. The summed E-state index contributed by atoms with van der Waals surface area (Å²) >= 11 is 1.50. The van der Waals surface area contributed by atoms with Crippen molar-refractivity contribution in [1.82, 2.24) is 4.90 Å². The fraction of sp³-hybridized carbons (Fsp3) is 0.389. The Balaban J connectivity index is 2.22. The van der Waals surface area contributed by atoms with Crippen LogP contribution in [-0.2, 0) is 14.3 Å². The van der Waals surface area contributed by atoms with Gasteiger partial charge in [-0.15, -0.1) is 0 Å². The number of ether oxygens (including phenoxy) is 3. The molecule has 1 fully saturated rings. The highest BCUT2D eigenvalue weighted by Crippen LogP contribution is 2.43. The molecule has 2 heterocycles. The highest BCUT2D eigenvalue weighted by molar-refractivity contribution is 8.14. The second-order valence-electron chi connectivity index (χ2n) is 5.76. The molecule has 3 rings (SSSR count). The van der Waals surface area contributed by atoms with Gasteiger partial charge in [-0.2, -0.15) is 0 Å². The second-order valence-corrected chi connectivity index (χ2v) is 6.82. The summed E-state index contributed by atoms with van der Waals surface area (Å²) in [6.07, 6.45) is 0.381. The number of fused-ring (bicyclic) bond motifs is 1. The van der Waals surface area contributed by atoms with E-state index in [2.05, 4.69) is 4.99 Å². The quantitative estimate of drug-likeness (QED) is 0.752. The summed E-state index contributed by atoms with van der Waals surface area (Å²) in [7, 11) is 4.42. The number of allylic oxidation sites excluding steroid dienone is 1. The molecule has 26 heavy (non-hydrogen) atoms. The van der Waals surface area contributed by atoms with Gasteiger partial charge in [0.25, 0.3) is 0 Å². The smallest absolute Gasteiger partial charge is 0.338 e. The molecular weight excluding hydrogens is 356 g/mol. The van der Waals surface area contributed by atoms with Crippen molar-refractivity contribution in [2.75, 3.05) is 27.1 Å². The Bertz CT molecular complexity index is 818. The molecule has 1 aromatic rings. The average Bonchev–Trinajstić information content (AvgIpc) is 2.66. The van der Waals surface area contributed by atoms with Crippen LogP contribution in [-0.4, -0.2) is 49.0 Å². The number of hydrogen-bond acceptors (Lipinski definition) is 7. The van der Waals surface area contributed by atoms with E-state index >= 15 is 0 Å². The van der Waals surface area contributed by atoms with Crippen LogP contribution in [0.2, 0.25) is 0 Å². The molecule has 1 amide bonds. The van der Waals surface area contributed by atoms with Crippen molar-refractivity contribution in [2.45, 2.75) is 19.4 Å². The molecule has 1 aromatic carbocycles. The first-order valence-corrected chi connectivity index (χ1v) is 9.05. The van der Waals surface area contributed by atoms with E-state index in [-0.39, 0.29) is 5.91 Å². The zero-order valence-corrected chi connectivity index (χ0v) is 15.9. The van der Waals surface area contributed by atoms with Gasteiger partial charge >= 0.3 is 5.97 Å². The summed E-state index contributed by atoms with van der Waals surface area (Å²) in [5, 5.41) is 0.592. The van der Waals surface area contributed by atoms with Crippen molar-refractivity contribution in [3.8, 4) is 11.5 Å². The van der Waals surface area contributed by atoms with Gasteiger partial charge in [0.1, 0.15) is 17.5 Å². The van der Waals surface area contributed by atoms with Crippen LogP contribution in [0.1, 0.15) is 24.9 Å². The first kappa shape index (κ1) is 18.3. The molecule has 8 heteroatoms. The van der Waals surface area contributed by atoms with Gasteiger partial charge in [0.05, 0.1) is 32.6 Å². The number of thioether (sulfide) groups is 1. The molecule has 0 N–H and O–H groups in total. The van der Waals surface area contributed by atoms with Crippen LogP contribution >= 0.6 is 11.8 Å². The highest BCUT2D eigenvalue weighted by atomic mass is 32.2. The van der Waals surface area contributed by atoms with Crippen molar-refractivity contribution < 1.29 is 23.8 Å². The van der Waals surface area contributed by atoms with Crippen molar-refractivity contribution in [2.24, 2.45) is 4.99 Å². The predicted octanol–water partition coefficient (Wildman–Crippen LogP) is 2.53. The van der Waals surface area contributed by atoms with Gasteiger partial charge in [0.2, 0.25) is 5.91 Å². The lowest BCUT2D eigenvalue weighted by atomic mass is 9.93. The molecule has 0 radical (unpaired) electrons. The number of nitrogens with zero attached hydrogens (tertiary/aromatic N) is 2. The van der Waals surface area contributed by atoms with E-state index in [1.807, 2.05) is 0 Å². The third-order valence-electron chi connectivity index (χ3n) is 4.35. The Hall–Kier alpha value is -2.48. The van der Waals surface area contributed by atoms with E-state index in [0.717, 1.165) is 0 Å². The Morgan fingerprint density at radius 3 is 2.69 bits per heavy atom. The van der Waals surface area contributed by atoms with Crippen LogP contribution in [0.3, 0.4) is 0 Å². The van der Waals surface area contributed by atoms with Crippen LogP contribution in [0, 0.1) is 0 Å². The van der Waals surface area contributed by atoms with Gasteiger partial charge in [-0.05, 0) is 19.1 Å². The van der Waals surface area contributed by atoms with Crippen LogP contribution in [0.5, 0.6) is 11.5 Å². The number of carbonyl (C=O) groups excluding carboxylic acids is 2. The third-order valence-corrected chi connectivity index (χ3v) is 5.30. The first-order chi connectivity index (χ1) is 12.5. The fourth-order valence-electron chi connectivity index (χ4n) is 3.11. The monoisotopic (exact) mass is 376 g/mol. The molecule has 0 saturated carbocycles. The predicted molar refractivity (Wildman–Crippen MR) is 98.4 cm³/mol. The number of aliphatic imine (C=N–C) groups is 1. The van der Waals surface area contributed by atoms with Crippen molar-refractivity contribution >= 4 is 28.8 Å². The van der Waals surface area contributed by atoms with Gasteiger partial charge in [0.15, 0.2) is 5.17 Å². The minimum absolute atomic E-state index is 0.0840. The largest absolute Gasteiger partial charge is 0.497 e. The Labute approximate surface area is 156 Å².